The smallest absolute Gasteiger partial charge is 0.213 e. The van der Waals surface area contributed by atoms with Crippen LogP contribution >= 0.6 is 11.6 Å². The Morgan fingerprint density at radius 3 is 2.67 bits per heavy atom. The van der Waals surface area contributed by atoms with Crippen LogP contribution in [0.2, 0.25) is 5.15 Å². The van der Waals surface area contributed by atoms with Crippen LogP contribution in [0.4, 0.5) is 0 Å². The molecule has 2 heterocycles. The lowest BCUT2D eigenvalue weighted by Crippen LogP contribution is -1.90. The Balaban J connectivity index is 2.49. The molecule has 0 bridgehead atoms. The van der Waals surface area contributed by atoms with Crippen molar-refractivity contribution in [1.29, 1.82) is 0 Å². The van der Waals surface area contributed by atoms with Crippen LogP contribution in [0.5, 0.6) is 5.88 Å². The van der Waals surface area contributed by atoms with Crippen LogP contribution in [-0.4, -0.2) is 22.1 Å². The van der Waals surface area contributed by atoms with E-state index < -0.39 is 0 Å². The van der Waals surface area contributed by atoms with Gasteiger partial charge in [0.05, 0.1) is 7.11 Å². The van der Waals surface area contributed by atoms with E-state index in [0.29, 0.717) is 16.7 Å². The van der Waals surface area contributed by atoms with E-state index in [1.807, 2.05) is 0 Å². The van der Waals surface area contributed by atoms with Crippen molar-refractivity contribution in [3.8, 4) is 17.1 Å². The minimum Gasteiger partial charge on any atom is -0.481 e. The van der Waals surface area contributed by atoms with Gasteiger partial charge in [-0.3, -0.25) is 4.98 Å². The van der Waals surface area contributed by atoms with E-state index in [1.54, 1.807) is 37.8 Å². The molecule has 2 aromatic rings. The molecule has 2 aromatic heterocycles. The molecule has 0 saturated heterocycles. The van der Waals surface area contributed by atoms with Gasteiger partial charge in [0.25, 0.3) is 0 Å². The Labute approximate surface area is 91.9 Å². The van der Waals surface area contributed by atoms with Gasteiger partial charge in [0.2, 0.25) is 5.88 Å². The van der Waals surface area contributed by atoms with Gasteiger partial charge in [0.15, 0.2) is 5.15 Å². The maximum atomic E-state index is 5.92. The van der Waals surface area contributed by atoms with Gasteiger partial charge in [-0.15, -0.1) is 0 Å². The first-order chi connectivity index (χ1) is 7.31. The summed E-state index contributed by atoms with van der Waals surface area (Å²) >= 11 is 5.92. The van der Waals surface area contributed by atoms with E-state index in [-0.39, 0.29) is 0 Å². The number of methoxy groups -OCH3 is 1. The molecule has 0 atom stereocenters. The number of hydrogen-bond donors (Lipinski definition) is 0. The molecule has 0 radical (unpaired) electrons. The fourth-order valence-corrected chi connectivity index (χ4v) is 1.40. The summed E-state index contributed by atoms with van der Waals surface area (Å²) in [7, 11) is 1.56. The van der Waals surface area contributed by atoms with Gasteiger partial charge in [-0.25, -0.2) is 9.97 Å². The summed E-state index contributed by atoms with van der Waals surface area (Å²) in [6.45, 7) is 0. The van der Waals surface area contributed by atoms with Gasteiger partial charge in [-0.05, 0) is 6.07 Å². The predicted molar refractivity (Wildman–Crippen MR) is 56.8 cm³/mol. The van der Waals surface area contributed by atoms with Crippen LogP contribution in [0, 0.1) is 0 Å². The SMILES string of the molecule is COc1cc(-c2nccnc2Cl)ccn1. The van der Waals surface area contributed by atoms with Gasteiger partial charge in [0, 0.05) is 30.2 Å². The molecular weight excluding hydrogens is 214 g/mol. The molecular formula is C10H8ClN3O. The Kier molecular flexibility index (Phi) is 2.78. The molecule has 0 aliphatic heterocycles. The first-order valence-electron chi connectivity index (χ1n) is 4.28. The second kappa shape index (κ2) is 4.23. The molecule has 4 nitrogen and oxygen atoms in total. The number of hydrogen-bond acceptors (Lipinski definition) is 4. The average Bonchev–Trinajstić information content (AvgIpc) is 2.30. The van der Waals surface area contributed by atoms with E-state index in [0.717, 1.165) is 5.56 Å². The maximum absolute atomic E-state index is 5.92. The molecule has 2 rings (SSSR count). The molecule has 0 fully saturated rings. The molecule has 0 amide bonds. The summed E-state index contributed by atoms with van der Waals surface area (Å²) in [6, 6.07) is 3.56. The zero-order valence-corrected chi connectivity index (χ0v) is 8.77. The molecule has 0 aromatic carbocycles. The summed E-state index contributed by atoms with van der Waals surface area (Å²) in [5, 5.41) is 0.366. The highest BCUT2D eigenvalue weighted by molar-refractivity contribution is 6.31. The Morgan fingerprint density at radius 1 is 1.13 bits per heavy atom. The second-order valence-corrected chi connectivity index (χ2v) is 3.14. The van der Waals surface area contributed by atoms with Crippen LogP contribution in [0.1, 0.15) is 0 Å². The lowest BCUT2D eigenvalue weighted by molar-refractivity contribution is 0.398. The lowest BCUT2D eigenvalue weighted by Gasteiger charge is -2.03. The number of aromatic nitrogens is 3. The third-order valence-corrected chi connectivity index (χ3v) is 2.15. The predicted octanol–water partition coefficient (Wildman–Crippen LogP) is 2.20. The molecule has 0 aliphatic rings. The van der Waals surface area contributed by atoms with Crippen molar-refractivity contribution >= 4 is 11.6 Å². The third-order valence-electron chi connectivity index (χ3n) is 1.87. The largest absolute Gasteiger partial charge is 0.481 e. The number of nitrogens with zero attached hydrogens (tertiary/aromatic N) is 3. The summed E-state index contributed by atoms with van der Waals surface area (Å²) in [6.07, 6.45) is 4.78. The first-order valence-corrected chi connectivity index (χ1v) is 4.66. The molecule has 0 spiro atoms. The minimum absolute atomic E-state index is 0.366. The van der Waals surface area contributed by atoms with Gasteiger partial charge in [-0.1, -0.05) is 11.6 Å². The molecule has 5 heteroatoms. The van der Waals surface area contributed by atoms with Crippen LogP contribution in [0.15, 0.2) is 30.7 Å². The molecule has 0 N–H and O–H groups in total. The average molecular weight is 222 g/mol. The minimum atomic E-state index is 0.366. The number of pyridine rings is 1. The molecule has 0 unspecified atom stereocenters. The van der Waals surface area contributed by atoms with Crippen molar-refractivity contribution in [3.63, 3.8) is 0 Å². The maximum Gasteiger partial charge on any atom is 0.213 e. The van der Waals surface area contributed by atoms with Crippen molar-refractivity contribution in [3.05, 3.63) is 35.9 Å². The summed E-state index contributed by atoms with van der Waals surface area (Å²) in [5.74, 6) is 0.522. The summed E-state index contributed by atoms with van der Waals surface area (Å²) in [5.41, 5.74) is 1.46. The van der Waals surface area contributed by atoms with Gasteiger partial charge >= 0.3 is 0 Å². The van der Waals surface area contributed by atoms with E-state index >= 15 is 0 Å². The van der Waals surface area contributed by atoms with Gasteiger partial charge in [0.1, 0.15) is 5.69 Å². The van der Waals surface area contributed by atoms with E-state index in [1.165, 1.54) is 0 Å². The standard InChI is InChI=1S/C10H8ClN3O/c1-15-8-6-7(2-3-12-8)9-10(11)14-5-4-13-9/h2-6H,1H3. The molecule has 76 valence electrons. The topological polar surface area (TPSA) is 47.9 Å². The monoisotopic (exact) mass is 221 g/mol. The van der Waals surface area contributed by atoms with Crippen LogP contribution in [0.3, 0.4) is 0 Å². The van der Waals surface area contributed by atoms with Crippen LogP contribution < -0.4 is 4.74 Å². The van der Waals surface area contributed by atoms with Gasteiger partial charge < -0.3 is 4.74 Å². The van der Waals surface area contributed by atoms with E-state index in [2.05, 4.69) is 15.0 Å². The fourth-order valence-electron chi connectivity index (χ4n) is 1.18. The van der Waals surface area contributed by atoms with Crippen LogP contribution in [0.25, 0.3) is 11.3 Å². The first kappa shape index (κ1) is 9.86. The van der Waals surface area contributed by atoms with Crippen molar-refractivity contribution in [2.45, 2.75) is 0 Å². The van der Waals surface area contributed by atoms with E-state index in [9.17, 15) is 0 Å². The molecule has 0 saturated carbocycles. The van der Waals surface area contributed by atoms with Gasteiger partial charge in [-0.2, -0.15) is 0 Å². The van der Waals surface area contributed by atoms with Crippen molar-refractivity contribution in [2.75, 3.05) is 7.11 Å². The van der Waals surface area contributed by atoms with E-state index in [4.69, 9.17) is 16.3 Å². The van der Waals surface area contributed by atoms with Crippen molar-refractivity contribution < 1.29 is 4.74 Å². The van der Waals surface area contributed by atoms with Crippen molar-refractivity contribution in [2.24, 2.45) is 0 Å². The lowest BCUT2D eigenvalue weighted by atomic mass is 10.2. The highest BCUT2D eigenvalue weighted by Crippen LogP contribution is 2.24. The van der Waals surface area contributed by atoms with Crippen molar-refractivity contribution in [1.82, 2.24) is 15.0 Å². The van der Waals surface area contributed by atoms with Crippen LogP contribution in [-0.2, 0) is 0 Å². The summed E-state index contributed by atoms with van der Waals surface area (Å²) in [4.78, 5) is 12.1. The highest BCUT2D eigenvalue weighted by Gasteiger charge is 2.06. The number of rotatable bonds is 2. The zero-order chi connectivity index (χ0) is 10.7. The second-order valence-electron chi connectivity index (χ2n) is 2.78. The normalized spacial score (nSPS) is 10.0. The fraction of sp³-hybridized carbons (Fsp3) is 0.100. The number of halogens is 1. The highest BCUT2D eigenvalue weighted by atomic mass is 35.5. The summed E-state index contributed by atoms with van der Waals surface area (Å²) < 4.78 is 5.01. The Hall–Kier alpha value is -1.68. The zero-order valence-electron chi connectivity index (χ0n) is 8.01. The number of ether oxygens (including phenoxy) is 1. The molecule has 0 aliphatic carbocycles. The quantitative estimate of drug-likeness (QED) is 0.780. The Bertz CT molecular complexity index is 476. The molecule has 15 heavy (non-hydrogen) atoms. The third kappa shape index (κ3) is 2.05. The Morgan fingerprint density at radius 2 is 1.93 bits per heavy atom.